The third kappa shape index (κ3) is 13.9. The number of carbonyl (C=O) groups is 2. The third-order valence-corrected chi connectivity index (χ3v) is 8.35. The van der Waals surface area contributed by atoms with Crippen molar-refractivity contribution in [2.24, 2.45) is 5.73 Å². The standard InChI is InChI=1S/C28H38FN5O2.C13H12/c1-5-28(3,30)15-6-7-26(35)33-20-27(36)34(4)25(19-23-8-10-24(29)11-9-23)21(2)32-18-14-22-12-16-31-17-13-22;1-11-7-9-13(10-8-11)12-5-3-2-4-6-12/h6-13,16-17,25,32H,2,5,14-15,18-20,30H2,1,3-4H3,(H,33,35);2-10H,1H3/b7-6+;. The average Bonchev–Trinajstić information content (AvgIpc) is 3.11. The van der Waals surface area contributed by atoms with Gasteiger partial charge in [-0.1, -0.05) is 91.9 Å². The van der Waals surface area contributed by atoms with Crippen LogP contribution in [-0.2, 0) is 22.4 Å². The highest BCUT2D eigenvalue weighted by atomic mass is 19.1. The molecule has 0 aliphatic carbocycles. The van der Waals surface area contributed by atoms with E-state index in [1.54, 1.807) is 42.6 Å². The molecule has 1 aromatic heterocycles. The number of aryl methyl sites for hydroxylation is 1. The minimum Gasteiger partial charge on any atom is -0.387 e. The summed E-state index contributed by atoms with van der Waals surface area (Å²) in [5, 5.41) is 5.95. The van der Waals surface area contributed by atoms with E-state index in [4.69, 9.17) is 5.73 Å². The van der Waals surface area contributed by atoms with Crippen LogP contribution in [0.25, 0.3) is 11.1 Å². The Bertz CT molecular complexity index is 1620. The SMILES string of the molecule is C=C(NCCc1ccncc1)C(Cc1ccc(F)cc1)N(C)C(=O)CNC(=O)/C=C/CC(C)(N)CC.Cc1ccc(-c2ccccc2)cc1. The normalized spacial score (nSPS) is 12.6. The molecule has 0 fully saturated rings. The van der Waals surface area contributed by atoms with E-state index in [2.05, 4.69) is 77.7 Å². The molecule has 0 radical (unpaired) electrons. The van der Waals surface area contributed by atoms with Gasteiger partial charge in [0.25, 0.3) is 0 Å². The molecule has 0 aliphatic heterocycles. The molecule has 0 aliphatic rings. The lowest BCUT2D eigenvalue weighted by molar-refractivity contribution is -0.132. The van der Waals surface area contributed by atoms with Crippen LogP contribution in [0.3, 0.4) is 0 Å². The second-order valence-electron chi connectivity index (χ2n) is 12.5. The Kier molecular flexibility index (Phi) is 15.4. The second-order valence-corrected chi connectivity index (χ2v) is 12.5. The Morgan fingerprint density at radius 1 is 0.939 bits per heavy atom. The molecular formula is C41H50FN5O2. The second kappa shape index (κ2) is 19.7. The predicted octanol–water partition coefficient (Wildman–Crippen LogP) is 6.79. The van der Waals surface area contributed by atoms with E-state index in [1.807, 2.05) is 32.0 Å². The summed E-state index contributed by atoms with van der Waals surface area (Å²) in [6.45, 7) is 10.7. The zero-order valence-electron chi connectivity index (χ0n) is 29.2. The molecule has 4 rings (SSSR count). The van der Waals surface area contributed by atoms with Gasteiger partial charge in [0.2, 0.25) is 11.8 Å². The van der Waals surface area contributed by atoms with E-state index in [0.29, 0.717) is 25.1 Å². The Balaban J connectivity index is 0.000000412. The number of halogens is 1. The number of hydrogen-bond donors (Lipinski definition) is 3. The maximum atomic E-state index is 13.4. The van der Waals surface area contributed by atoms with E-state index < -0.39 is 6.04 Å². The van der Waals surface area contributed by atoms with Crippen LogP contribution in [0.2, 0.25) is 0 Å². The molecule has 0 spiro atoms. The van der Waals surface area contributed by atoms with Gasteiger partial charge in [0.05, 0.1) is 12.6 Å². The van der Waals surface area contributed by atoms with Gasteiger partial charge in [-0.3, -0.25) is 14.6 Å². The van der Waals surface area contributed by atoms with Gasteiger partial charge in [-0.15, -0.1) is 0 Å². The van der Waals surface area contributed by atoms with Gasteiger partial charge < -0.3 is 21.3 Å². The van der Waals surface area contributed by atoms with E-state index in [9.17, 15) is 14.0 Å². The van der Waals surface area contributed by atoms with Crippen molar-refractivity contribution in [2.75, 3.05) is 20.1 Å². The van der Waals surface area contributed by atoms with Crippen LogP contribution in [0, 0.1) is 12.7 Å². The third-order valence-electron chi connectivity index (χ3n) is 8.35. The number of likely N-dealkylation sites (N-methyl/N-ethyl adjacent to an activating group) is 1. The van der Waals surface area contributed by atoms with Gasteiger partial charge in [-0.05, 0) is 92.1 Å². The molecule has 0 saturated carbocycles. The minimum absolute atomic E-state index is 0.155. The first-order chi connectivity index (χ1) is 23.5. The topological polar surface area (TPSA) is 100 Å². The molecule has 3 aromatic carbocycles. The van der Waals surface area contributed by atoms with Gasteiger partial charge in [0.15, 0.2) is 0 Å². The van der Waals surface area contributed by atoms with E-state index >= 15 is 0 Å². The lowest BCUT2D eigenvalue weighted by atomic mass is 9.96. The predicted molar refractivity (Wildman–Crippen MR) is 198 cm³/mol. The van der Waals surface area contributed by atoms with Crippen molar-refractivity contribution >= 4 is 11.8 Å². The fraction of sp³-hybridized carbons (Fsp3) is 0.293. The van der Waals surface area contributed by atoms with Crippen LogP contribution >= 0.6 is 0 Å². The molecule has 7 nitrogen and oxygen atoms in total. The summed E-state index contributed by atoms with van der Waals surface area (Å²) in [4.78, 5) is 30.7. The average molecular weight is 664 g/mol. The number of nitrogens with zero attached hydrogens (tertiary/aromatic N) is 2. The first-order valence-corrected chi connectivity index (χ1v) is 16.6. The summed E-state index contributed by atoms with van der Waals surface area (Å²) in [6, 6.07) is 28.7. The number of pyridine rings is 1. The molecule has 1 heterocycles. The fourth-order valence-corrected chi connectivity index (χ4v) is 4.85. The molecule has 2 atom stereocenters. The Morgan fingerprint density at radius 3 is 2.20 bits per heavy atom. The first-order valence-electron chi connectivity index (χ1n) is 16.6. The maximum Gasteiger partial charge on any atom is 0.244 e. The van der Waals surface area contributed by atoms with Gasteiger partial charge in [0.1, 0.15) is 5.82 Å². The maximum absolute atomic E-state index is 13.4. The quantitative estimate of drug-likeness (QED) is 0.122. The lowest BCUT2D eigenvalue weighted by Crippen LogP contribution is -2.47. The first kappa shape index (κ1) is 38.4. The summed E-state index contributed by atoms with van der Waals surface area (Å²) < 4.78 is 13.4. The number of nitrogens with one attached hydrogen (secondary N) is 2. The Morgan fingerprint density at radius 2 is 1.57 bits per heavy atom. The molecule has 49 heavy (non-hydrogen) atoms. The van der Waals surface area contributed by atoms with Crippen LogP contribution in [0.5, 0.6) is 0 Å². The van der Waals surface area contributed by atoms with Crippen LogP contribution in [-0.4, -0.2) is 53.4 Å². The van der Waals surface area contributed by atoms with Crippen molar-refractivity contribution in [1.82, 2.24) is 20.5 Å². The lowest BCUT2D eigenvalue weighted by Gasteiger charge is -2.31. The van der Waals surface area contributed by atoms with Gasteiger partial charge in [-0.25, -0.2) is 4.39 Å². The van der Waals surface area contributed by atoms with Crippen molar-refractivity contribution in [2.45, 2.75) is 58.0 Å². The zero-order valence-corrected chi connectivity index (χ0v) is 29.2. The Hall–Kier alpha value is -5.08. The molecule has 0 bridgehead atoms. The highest BCUT2D eigenvalue weighted by Gasteiger charge is 2.23. The fourth-order valence-electron chi connectivity index (χ4n) is 4.85. The van der Waals surface area contributed by atoms with E-state index in [1.165, 1.54) is 34.9 Å². The largest absolute Gasteiger partial charge is 0.387 e. The van der Waals surface area contributed by atoms with E-state index in [0.717, 1.165) is 24.0 Å². The van der Waals surface area contributed by atoms with Crippen LogP contribution in [0.1, 0.15) is 43.4 Å². The van der Waals surface area contributed by atoms with E-state index in [-0.39, 0.29) is 29.7 Å². The molecule has 0 saturated heterocycles. The van der Waals surface area contributed by atoms with Crippen LogP contribution in [0.15, 0.2) is 128 Å². The molecule has 8 heteroatoms. The summed E-state index contributed by atoms with van der Waals surface area (Å²) in [7, 11) is 1.68. The molecule has 4 aromatic rings. The molecule has 4 N–H and O–H groups in total. The van der Waals surface area contributed by atoms with Crippen LogP contribution in [0.4, 0.5) is 4.39 Å². The molecule has 258 valence electrons. The molecule has 2 amide bonds. The summed E-state index contributed by atoms with van der Waals surface area (Å²) in [5.41, 5.74) is 12.2. The number of amides is 2. The summed E-state index contributed by atoms with van der Waals surface area (Å²) >= 11 is 0. The van der Waals surface area contributed by atoms with Gasteiger partial charge in [-0.2, -0.15) is 0 Å². The van der Waals surface area contributed by atoms with Gasteiger partial charge >= 0.3 is 0 Å². The number of hydrogen-bond acceptors (Lipinski definition) is 5. The molecule has 2 unspecified atom stereocenters. The summed E-state index contributed by atoms with van der Waals surface area (Å²) in [5.74, 6) is -0.940. The number of rotatable bonds is 15. The monoisotopic (exact) mass is 663 g/mol. The van der Waals surface area contributed by atoms with Crippen molar-refractivity contribution in [3.05, 3.63) is 150 Å². The Labute approximate surface area is 291 Å². The molecular weight excluding hydrogens is 613 g/mol. The number of nitrogens with two attached hydrogens (primary N) is 1. The highest BCUT2D eigenvalue weighted by Crippen LogP contribution is 2.19. The smallest absolute Gasteiger partial charge is 0.244 e. The van der Waals surface area contributed by atoms with Crippen molar-refractivity contribution in [3.8, 4) is 11.1 Å². The number of aromatic nitrogens is 1. The van der Waals surface area contributed by atoms with Crippen molar-refractivity contribution < 1.29 is 14.0 Å². The van der Waals surface area contributed by atoms with Gasteiger partial charge in [0, 0.05) is 37.2 Å². The highest BCUT2D eigenvalue weighted by molar-refractivity contribution is 5.91. The zero-order chi connectivity index (χ0) is 35.6. The van der Waals surface area contributed by atoms with Crippen LogP contribution < -0.4 is 16.4 Å². The van der Waals surface area contributed by atoms with Crippen molar-refractivity contribution in [3.63, 3.8) is 0 Å². The number of carbonyl (C=O) groups excluding carboxylic acids is 2. The number of benzene rings is 3. The summed E-state index contributed by atoms with van der Waals surface area (Å²) in [6.07, 6.45) is 9.19. The minimum atomic E-state index is -0.393. The van der Waals surface area contributed by atoms with Crippen molar-refractivity contribution in [1.29, 1.82) is 0 Å².